The third kappa shape index (κ3) is 3.50. The Morgan fingerprint density at radius 2 is 2.00 bits per heavy atom. The van der Waals surface area contributed by atoms with Crippen LogP contribution in [0.25, 0.3) is 0 Å². The molecule has 2 aromatic rings. The summed E-state index contributed by atoms with van der Waals surface area (Å²) in [5.74, 6) is 0.562. The molecule has 0 spiro atoms. The lowest BCUT2D eigenvalue weighted by Gasteiger charge is -2.29. The number of anilines is 1. The summed E-state index contributed by atoms with van der Waals surface area (Å²) in [5, 5.41) is 0. The Balaban J connectivity index is 1.70. The first-order chi connectivity index (χ1) is 13.0. The van der Waals surface area contributed by atoms with Crippen molar-refractivity contribution >= 4 is 21.6 Å². The number of sulfonamides is 1. The van der Waals surface area contributed by atoms with Crippen molar-refractivity contribution in [1.82, 2.24) is 4.72 Å². The van der Waals surface area contributed by atoms with Crippen LogP contribution in [0.3, 0.4) is 0 Å². The van der Waals surface area contributed by atoms with Crippen LogP contribution in [0, 0.1) is 0 Å². The van der Waals surface area contributed by atoms with Gasteiger partial charge in [-0.2, -0.15) is 0 Å². The molecule has 7 nitrogen and oxygen atoms in total. The van der Waals surface area contributed by atoms with E-state index in [1.807, 2.05) is 18.2 Å². The number of carbonyl (C=O) groups is 1. The van der Waals surface area contributed by atoms with Gasteiger partial charge in [0.15, 0.2) is 0 Å². The van der Waals surface area contributed by atoms with Gasteiger partial charge in [0.1, 0.15) is 23.0 Å². The summed E-state index contributed by atoms with van der Waals surface area (Å²) in [6, 6.07) is 11.7. The van der Waals surface area contributed by atoms with Crippen LogP contribution in [0.1, 0.15) is 23.2 Å². The van der Waals surface area contributed by atoms with Gasteiger partial charge in [-0.25, -0.2) is 13.1 Å². The first-order valence-corrected chi connectivity index (χ1v) is 10.2. The second-order valence-electron chi connectivity index (χ2n) is 6.53. The van der Waals surface area contributed by atoms with E-state index in [9.17, 15) is 13.2 Å². The Morgan fingerprint density at radius 1 is 1.22 bits per heavy atom. The Bertz CT molecular complexity index is 985. The van der Waals surface area contributed by atoms with Crippen molar-refractivity contribution in [2.24, 2.45) is 0 Å². The largest absolute Gasteiger partial charge is 0.495 e. The van der Waals surface area contributed by atoms with E-state index in [1.165, 1.54) is 19.2 Å². The van der Waals surface area contributed by atoms with Crippen LogP contribution in [0.5, 0.6) is 11.5 Å². The summed E-state index contributed by atoms with van der Waals surface area (Å²) in [5.41, 5.74) is 0.953. The predicted octanol–water partition coefficient (Wildman–Crippen LogP) is 2.18. The van der Waals surface area contributed by atoms with Gasteiger partial charge in [0.2, 0.25) is 10.0 Å². The van der Waals surface area contributed by atoms with Crippen molar-refractivity contribution < 1.29 is 22.7 Å². The Hall–Kier alpha value is -2.58. The zero-order chi connectivity index (χ0) is 19.0. The molecule has 0 aromatic heterocycles. The molecule has 1 amide bonds. The van der Waals surface area contributed by atoms with Crippen molar-refractivity contribution in [1.29, 1.82) is 0 Å². The Kier molecular flexibility index (Phi) is 4.53. The number of amides is 1. The quantitative estimate of drug-likeness (QED) is 0.849. The van der Waals surface area contributed by atoms with Gasteiger partial charge in [-0.1, -0.05) is 12.1 Å². The molecule has 1 N–H and O–H groups in total. The van der Waals surface area contributed by atoms with Crippen LogP contribution < -0.4 is 19.1 Å². The molecule has 0 atom stereocenters. The third-order valence-electron chi connectivity index (χ3n) is 4.57. The molecule has 0 saturated heterocycles. The van der Waals surface area contributed by atoms with E-state index in [4.69, 9.17) is 9.47 Å². The Labute approximate surface area is 157 Å². The maximum absolute atomic E-state index is 13.1. The van der Waals surface area contributed by atoms with Gasteiger partial charge in [0.05, 0.1) is 19.3 Å². The van der Waals surface area contributed by atoms with Crippen LogP contribution in [-0.4, -0.2) is 40.6 Å². The minimum atomic E-state index is -3.76. The zero-order valence-corrected chi connectivity index (χ0v) is 15.7. The highest BCUT2D eigenvalue weighted by Gasteiger charge is 2.31. The number of nitrogens with zero attached hydrogens (tertiary/aromatic N) is 1. The van der Waals surface area contributed by atoms with Crippen molar-refractivity contribution in [2.45, 2.75) is 23.8 Å². The van der Waals surface area contributed by atoms with E-state index < -0.39 is 10.0 Å². The first kappa shape index (κ1) is 17.8. The van der Waals surface area contributed by atoms with Gasteiger partial charge in [-0.3, -0.25) is 4.79 Å². The van der Waals surface area contributed by atoms with Crippen LogP contribution in [0.4, 0.5) is 5.69 Å². The second kappa shape index (κ2) is 6.86. The van der Waals surface area contributed by atoms with E-state index in [-0.39, 0.29) is 28.2 Å². The van der Waals surface area contributed by atoms with E-state index in [2.05, 4.69) is 4.72 Å². The molecule has 1 aliphatic heterocycles. The van der Waals surface area contributed by atoms with Crippen LogP contribution in [-0.2, 0) is 10.0 Å². The molecule has 2 aromatic carbocycles. The molecule has 27 heavy (non-hydrogen) atoms. The third-order valence-corrected chi connectivity index (χ3v) is 6.11. The number of carbonyl (C=O) groups excluding carboxylic acids is 1. The monoisotopic (exact) mass is 388 g/mol. The topological polar surface area (TPSA) is 84.9 Å². The van der Waals surface area contributed by atoms with E-state index >= 15 is 0 Å². The molecule has 1 heterocycles. The molecule has 0 unspecified atom stereocenters. The molecular formula is C19H20N2O5S. The number of ether oxygens (including phenoxy) is 2. The summed E-state index contributed by atoms with van der Waals surface area (Å²) in [6.07, 6.45) is 1.65. The molecule has 142 valence electrons. The van der Waals surface area contributed by atoms with Crippen molar-refractivity contribution in [3.8, 4) is 11.5 Å². The zero-order valence-electron chi connectivity index (χ0n) is 14.8. The standard InChI is InChI=1S/C19H20N2O5S/c1-25-17-9-6-13(12-18(17)27(23,24)20-14-7-8-14)19(22)21-10-11-26-16-5-3-2-4-15(16)21/h2-6,9,12,14,20H,7-8,10-11H2,1H3. The molecule has 0 radical (unpaired) electrons. The number of hydrogen-bond donors (Lipinski definition) is 1. The molecule has 0 bridgehead atoms. The van der Waals surface area contributed by atoms with Gasteiger partial charge < -0.3 is 14.4 Å². The van der Waals surface area contributed by atoms with Crippen molar-refractivity contribution in [3.63, 3.8) is 0 Å². The van der Waals surface area contributed by atoms with Crippen LogP contribution >= 0.6 is 0 Å². The van der Waals surface area contributed by atoms with Gasteiger partial charge in [0, 0.05) is 11.6 Å². The summed E-state index contributed by atoms with van der Waals surface area (Å²) in [7, 11) is -2.35. The average Bonchev–Trinajstić information content (AvgIpc) is 3.49. The summed E-state index contributed by atoms with van der Waals surface area (Å²) in [6.45, 7) is 0.775. The van der Waals surface area contributed by atoms with Crippen molar-refractivity contribution in [3.05, 3.63) is 48.0 Å². The molecule has 2 aliphatic rings. The maximum atomic E-state index is 13.1. The predicted molar refractivity (Wildman–Crippen MR) is 100.0 cm³/mol. The number of rotatable bonds is 5. The highest BCUT2D eigenvalue weighted by atomic mass is 32.2. The highest BCUT2D eigenvalue weighted by molar-refractivity contribution is 7.89. The number of methoxy groups -OCH3 is 1. The summed E-state index contributed by atoms with van der Waals surface area (Å²) < 4.78 is 38.8. The van der Waals surface area contributed by atoms with Gasteiger partial charge in [0.25, 0.3) is 5.91 Å². The summed E-state index contributed by atoms with van der Waals surface area (Å²) in [4.78, 5) is 14.7. The van der Waals surface area contributed by atoms with Crippen LogP contribution in [0.2, 0.25) is 0 Å². The van der Waals surface area contributed by atoms with E-state index in [0.29, 0.717) is 24.6 Å². The Morgan fingerprint density at radius 3 is 2.74 bits per heavy atom. The SMILES string of the molecule is COc1ccc(C(=O)N2CCOc3ccccc32)cc1S(=O)(=O)NC1CC1. The minimum absolute atomic E-state index is 0.0238. The van der Waals surface area contributed by atoms with E-state index in [0.717, 1.165) is 12.8 Å². The normalized spacial score (nSPS) is 16.4. The number of nitrogens with one attached hydrogen (secondary N) is 1. The smallest absolute Gasteiger partial charge is 0.258 e. The van der Waals surface area contributed by atoms with Gasteiger partial charge in [-0.15, -0.1) is 0 Å². The van der Waals surface area contributed by atoms with Crippen molar-refractivity contribution in [2.75, 3.05) is 25.2 Å². The van der Waals surface area contributed by atoms with Gasteiger partial charge in [-0.05, 0) is 43.2 Å². The maximum Gasteiger partial charge on any atom is 0.258 e. The molecule has 1 fully saturated rings. The number of benzene rings is 2. The molecule has 1 aliphatic carbocycles. The lowest BCUT2D eigenvalue weighted by atomic mass is 10.1. The summed E-state index contributed by atoms with van der Waals surface area (Å²) >= 11 is 0. The second-order valence-corrected chi connectivity index (χ2v) is 8.22. The first-order valence-electron chi connectivity index (χ1n) is 8.73. The highest BCUT2D eigenvalue weighted by Crippen LogP contribution is 2.33. The number of fused-ring (bicyclic) bond motifs is 1. The fourth-order valence-electron chi connectivity index (χ4n) is 3.04. The number of para-hydroxylation sites is 2. The van der Waals surface area contributed by atoms with Gasteiger partial charge >= 0.3 is 0 Å². The number of hydrogen-bond acceptors (Lipinski definition) is 5. The fraction of sp³-hybridized carbons (Fsp3) is 0.316. The van der Waals surface area contributed by atoms with Crippen LogP contribution in [0.15, 0.2) is 47.4 Å². The minimum Gasteiger partial charge on any atom is -0.495 e. The molecule has 4 rings (SSSR count). The fourth-order valence-corrected chi connectivity index (χ4v) is 4.54. The van der Waals surface area contributed by atoms with E-state index in [1.54, 1.807) is 17.0 Å². The molecular weight excluding hydrogens is 368 g/mol. The molecule has 1 saturated carbocycles. The lowest BCUT2D eigenvalue weighted by Crippen LogP contribution is -2.38. The average molecular weight is 388 g/mol. The molecule has 8 heteroatoms. The lowest BCUT2D eigenvalue weighted by molar-refractivity contribution is 0.0976.